The largest absolute Gasteiger partial charge is 0.270 e. The molecule has 2 aromatic rings. The summed E-state index contributed by atoms with van der Waals surface area (Å²) >= 11 is 7.89. The Morgan fingerprint density at radius 3 is 2.82 bits per heavy atom. The van der Waals surface area contributed by atoms with Gasteiger partial charge in [-0.05, 0) is 22.6 Å². The van der Waals surface area contributed by atoms with Gasteiger partial charge in [0.15, 0.2) is 5.82 Å². The Morgan fingerprint density at radius 2 is 2.18 bits per heavy atom. The zero-order valence-electron chi connectivity index (χ0n) is 8.30. The van der Waals surface area contributed by atoms with Crippen LogP contribution in [-0.2, 0) is 0 Å². The minimum absolute atomic E-state index is 0.000715. The second-order valence-electron chi connectivity index (χ2n) is 3.14. The molecule has 0 amide bonds. The zero-order chi connectivity index (χ0) is 12.4. The summed E-state index contributed by atoms with van der Waals surface area (Å²) < 4.78 is 0.735. The van der Waals surface area contributed by atoms with Gasteiger partial charge in [0.1, 0.15) is 5.15 Å². The number of benzene rings is 1. The number of halogens is 2. The number of nitro groups is 1. The van der Waals surface area contributed by atoms with E-state index in [1.807, 2.05) is 22.6 Å². The molecule has 0 unspecified atom stereocenters. The molecule has 86 valence electrons. The van der Waals surface area contributed by atoms with E-state index in [1.54, 1.807) is 18.3 Å². The summed E-state index contributed by atoms with van der Waals surface area (Å²) in [6, 6.07) is 6.12. The lowest BCUT2D eigenvalue weighted by atomic mass is 10.2. The third-order valence-corrected chi connectivity index (χ3v) is 3.41. The summed E-state index contributed by atoms with van der Waals surface area (Å²) in [6.07, 6.45) is 1.57. The summed E-state index contributed by atoms with van der Waals surface area (Å²) in [5.41, 5.74) is 0.568. The molecule has 0 aliphatic rings. The first kappa shape index (κ1) is 12.2. The van der Waals surface area contributed by atoms with Gasteiger partial charge < -0.3 is 0 Å². The molecular weight excluding hydrogens is 356 g/mol. The highest BCUT2D eigenvalue weighted by molar-refractivity contribution is 14.1. The Kier molecular flexibility index (Phi) is 3.53. The van der Waals surface area contributed by atoms with Crippen LogP contribution in [0.5, 0.6) is 0 Å². The highest BCUT2D eigenvalue weighted by Gasteiger charge is 2.10. The highest BCUT2D eigenvalue weighted by Crippen LogP contribution is 2.23. The lowest BCUT2D eigenvalue weighted by Crippen LogP contribution is -1.93. The fourth-order valence-electron chi connectivity index (χ4n) is 1.24. The summed E-state index contributed by atoms with van der Waals surface area (Å²) in [5.74, 6) is 0.374. The van der Waals surface area contributed by atoms with E-state index < -0.39 is 4.92 Å². The first-order valence-corrected chi connectivity index (χ1v) is 5.96. The van der Waals surface area contributed by atoms with Crippen molar-refractivity contribution in [1.82, 2.24) is 9.97 Å². The van der Waals surface area contributed by atoms with Gasteiger partial charge in [-0.15, -0.1) is 0 Å². The molecule has 5 nitrogen and oxygen atoms in total. The van der Waals surface area contributed by atoms with Crippen LogP contribution in [0.15, 0.2) is 30.5 Å². The number of nitro benzene ring substituents is 1. The molecule has 0 aliphatic heterocycles. The molecule has 0 aliphatic carbocycles. The summed E-state index contributed by atoms with van der Waals surface area (Å²) in [6.45, 7) is 0. The number of hydrogen-bond acceptors (Lipinski definition) is 4. The fraction of sp³-hybridized carbons (Fsp3) is 0. The topological polar surface area (TPSA) is 68.9 Å². The molecule has 1 aromatic carbocycles. The Balaban J connectivity index is 2.49. The third kappa shape index (κ3) is 2.70. The second-order valence-corrected chi connectivity index (χ2v) is 4.66. The molecule has 0 spiro atoms. The van der Waals surface area contributed by atoms with Crippen LogP contribution < -0.4 is 0 Å². The lowest BCUT2D eigenvalue weighted by Gasteiger charge is -2.01. The molecule has 0 N–H and O–H groups in total. The van der Waals surface area contributed by atoms with E-state index in [0.29, 0.717) is 16.5 Å². The van der Waals surface area contributed by atoms with Crippen LogP contribution in [0.4, 0.5) is 5.69 Å². The quantitative estimate of drug-likeness (QED) is 0.356. The molecule has 1 aromatic heterocycles. The number of non-ortho nitro benzene ring substituents is 1. The molecule has 1 heterocycles. The van der Waals surface area contributed by atoms with E-state index in [-0.39, 0.29) is 5.69 Å². The maximum Gasteiger partial charge on any atom is 0.270 e. The van der Waals surface area contributed by atoms with Crippen molar-refractivity contribution in [3.8, 4) is 11.4 Å². The van der Waals surface area contributed by atoms with Crippen molar-refractivity contribution in [2.75, 3.05) is 0 Å². The predicted octanol–water partition coefficient (Wildman–Crippen LogP) is 3.31. The van der Waals surface area contributed by atoms with Gasteiger partial charge in [-0.2, -0.15) is 0 Å². The minimum atomic E-state index is -0.461. The van der Waals surface area contributed by atoms with Crippen molar-refractivity contribution in [3.63, 3.8) is 0 Å². The average Bonchev–Trinajstić information content (AvgIpc) is 2.33. The van der Waals surface area contributed by atoms with Crippen molar-refractivity contribution >= 4 is 39.9 Å². The molecule has 2 rings (SSSR count). The first-order chi connectivity index (χ1) is 8.08. The van der Waals surface area contributed by atoms with E-state index in [4.69, 9.17) is 11.6 Å². The number of nitrogens with zero attached hydrogens (tertiary/aromatic N) is 3. The first-order valence-electron chi connectivity index (χ1n) is 4.51. The molecule has 0 saturated heterocycles. The van der Waals surface area contributed by atoms with Crippen molar-refractivity contribution < 1.29 is 4.92 Å². The van der Waals surface area contributed by atoms with Gasteiger partial charge in [0.2, 0.25) is 0 Å². The van der Waals surface area contributed by atoms with Crippen LogP contribution in [0.2, 0.25) is 5.15 Å². The molecule has 0 radical (unpaired) electrons. The monoisotopic (exact) mass is 361 g/mol. The maximum atomic E-state index is 10.6. The Bertz CT molecular complexity index is 592. The van der Waals surface area contributed by atoms with Crippen LogP contribution >= 0.6 is 34.2 Å². The van der Waals surface area contributed by atoms with Crippen LogP contribution in [0.3, 0.4) is 0 Å². The van der Waals surface area contributed by atoms with Crippen LogP contribution in [-0.4, -0.2) is 14.9 Å². The molecular formula is C10H5ClIN3O2. The van der Waals surface area contributed by atoms with Gasteiger partial charge in [0.25, 0.3) is 5.69 Å². The molecule has 17 heavy (non-hydrogen) atoms. The molecule has 0 bridgehead atoms. The molecule has 0 atom stereocenters. The molecule has 0 fully saturated rings. The Hall–Kier alpha value is -1.28. The molecule has 0 saturated carbocycles. The number of hydrogen-bond donors (Lipinski definition) is 0. The summed E-state index contributed by atoms with van der Waals surface area (Å²) in [4.78, 5) is 18.3. The SMILES string of the molecule is O=[N+]([O-])c1cccc(-c2ncc(I)c(Cl)n2)c1. The van der Waals surface area contributed by atoms with Crippen molar-refractivity contribution in [3.05, 3.63) is 49.3 Å². The predicted molar refractivity (Wildman–Crippen MR) is 71.8 cm³/mol. The minimum Gasteiger partial charge on any atom is -0.258 e. The summed E-state index contributed by atoms with van der Waals surface area (Å²) in [5, 5.41) is 11.0. The lowest BCUT2D eigenvalue weighted by molar-refractivity contribution is -0.384. The van der Waals surface area contributed by atoms with Gasteiger partial charge in [0.05, 0.1) is 8.49 Å². The van der Waals surface area contributed by atoms with Gasteiger partial charge in [-0.1, -0.05) is 23.7 Å². The van der Waals surface area contributed by atoms with Gasteiger partial charge in [0, 0.05) is 23.9 Å². The van der Waals surface area contributed by atoms with Gasteiger partial charge in [-0.25, -0.2) is 9.97 Å². The standard InChI is InChI=1S/C10H5ClIN3O2/c11-9-8(12)5-13-10(14-9)6-2-1-3-7(4-6)15(16)17/h1-5H. The van der Waals surface area contributed by atoms with Crippen molar-refractivity contribution in [1.29, 1.82) is 0 Å². The van der Waals surface area contributed by atoms with E-state index in [1.165, 1.54) is 12.1 Å². The van der Waals surface area contributed by atoms with E-state index in [9.17, 15) is 10.1 Å². The zero-order valence-corrected chi connectivity index (χ0v) is 11.2. The van der Waals surface area contributed by atoms with Crippen molar-refractivity contribution in [2.45, 2.75) is 0 Å². The Labute approximate surface area is 115 Å². The average molecular weight is 362 g/mol. The second kappa shape index (κ2) is 4.92. The van der Waals surface area contributed by atoms with E-state index in [0.717, 1.165) is 3.57 Å². The fourth-order valence-corrected chi connectivity index (χ4v) is 1.63. The maximum absolute atomic E-state index is 10.6. The number of rotatable bonds is 2. The Morgan fingerprint density at radius 1 is 1.41 bits per heavy atom. The number of aromatic nitrogens is 2. The van der Waals surface area contributed by atoms with Crippen LogP contribution in [0.25, 0.3) is 11.4 Å². The van der Waals surface area contributed by atoms with Gasteiger partial charge in [-0.3, -0.25) is 10.1 Å². The highest BCUT2D eigenvalue weighted by atomic mass is 127. The van der Waals surface area contributed by atoms with Crippen molar-refractivity contribution in [2.24, 2.45) is 0 Å². The third-order valence-electron chi connectivity index (χ3n) is 2.02. The molecule has 7 heteroatoms. The van der Waals surface area contributed by atoms with E-state index >= 15 is 0 Å². The summed E-state index contributed by atoms with van der Waals surface area (Å²) in [7, 11) is 0. The van der Waals surface area contributed by atoms with E-state index in [2.05, 4.69) is 9.97 Å². The van der Waals surface area contributed by atoms with Gasteiger partial charge >= 0.3 is 0 Å². The van der Waals surface area contributed by atoms with Crippen LogP contribution in [0, 0.1) is 13.7 Å². The normalized spacial score (nSPS) is 10.2. The smallest absolute Gasteiger partial charge is 0.258 e. The van der Waals surface area contributed by atoms with Crippen LogP contribution in [0.1, 0.15) is 0 Å².